The van der Waals surface area contributed by atoms with E-state index in [2.05, 4.69) is 5.32 Å². The third kappa shape index (κ3) is 3.75. The van der Waals surface area contributed by atoms with Gasteiger partial charge in [0, 0.05) is 51.6 Å². The highest BCUT2D eigenvalue weighted by Gasteiger charge is 2.21. The fourth-order valence-corrected chi connectivity index (χ4v) is 2.68. The molecule has 120 valence electrons. The Labute approximate surface area is 130 Å². The molecule has 0 saturated carbocycles. The van der Waals surface area contributed by atoms with Crippen LogP contribution in [0.3, 0.4) is 0 Å². The monoisotopic (exact) mass is 305 g/mol. The Morgan fingerprint density at radius 2 is 1.95 bits per heavy atom. The standard InChI is InChI=1S/C16H23N3O3/c1-11-8-15(21)14(10-18(11)3)16(22)17-9-13-4-6-19(7-5-13)12(2)20/h8,10,13H,4-7,9H2,1-3H3,(H,17,22). The average molecular weight is 305 g/mol. The van der Waals surface area contributed by atoms with Crippen LogP contribution in [-0.2, 0) is 11.8 Å². The second-order valence-corrected chi connectivity index (χ2v) is 5.96. The molecular weight excluding hydrogens is 282 g/mol. The fraction of sp³-hybridized carbons (Fsp3) is 0.562. The molecule has 1 aliphatic heterocycles. The molecule has 0 unspecified atom stereocenters. The lowest BCUT2D eigenvalue weighted by atomic mass is 9.96. The molecule has 0 radical (unpaired) electrons. The molecule has 1 aromatic rings. The van der Waals surface area contributed by atoms with Gasteiger partial charge in [-0.2, -0.15) is 0 Å². The lowest BCUT2D eigenvalue weighted by Gasteiger charge is -2.31. The molecule has 1 fully saturated rings. The molecule has 1 aromatic heterocycles. The van der Waals surface area contributed by atoms with Gasteiger partial charge in [-0.3, -0.25) is 14.4 Å². The van der Waals surface area contributed by atoms with E-state index in [0.29, 0.717) is 12.5 Å². The van der Waals surface area contributed by atoms with Crippen LogP contribution >= 0.6 is 0 Å². The molecular formula is C16H23N3O3. The maximum absolute atomic E-state index is 12.2. The first-order valence-corrected chi connectivity index (χ1v) is 7.59. The number of carbonyl (C=O) groups excluding carboxylic acids is 2. The lowest BCUT2D eigenvalue weighted by Crippen LogP contribution is -2.41. The molecule has 1 aliphatic rings. The number of likely N-dealkylation sites (tertiary alicyclic amines) is 1. The zero-order valence-electron chi connectivity index (χ0n) is 13.4. The summed E-state index contributed by atoms with van der Waals surface area (Å²) in [6, 6.07) is 1.47. The number of carbonyl (C=O) groups is 2. The van der Waals surface area contributed by atoms with E-state index < -0.39 is 0 Å². The fourth-order valence-electron chi connectivity index (χ4n) is 2.68. The van der Waals surface area contributed by atoms with Gasteiger partial charge in [0.25, 0.3) is 5.91 Å². The number of aromatic nitrogens is 1. The van der Waals surface area contributed by atoms with Crippen LogP contribution in [0.2, 0.25) is 0 Å². The van der Waals surface area contributed by atoms with Crippen LogP contribution in [0.25, 0.3) is 0 Å². The minimum Gasteiger partial charge on any atom is -0.354 e. The van der Waals surface area contributed by atoms with E-state index in [9.17, 15) is 14.4 Å². The van der Waals surface area contributed by atoms with Crippen LogP contribution in [-0.4, -0.2) is 40.9 Å². The highest BCUT2D eigenvalue weighted by molar-refractivity contribution is 5.93. The van der Waals surface area contributed by atoms with Crippen molar-refractivity contribution in [2.45, 2.75) is 26.7 Å². The number of hydrogen-bond donors (Lipinski definition) is 1. The summed E-state index contributed by atoms with van der Waals surface area (Å²) in [5.74, 6) is 0.133. The van der Waals surface area contributed by atoms with Crippen LogP contribution in [0.15, 0.2) is 17.1 Å². The van der Waals surface area contributed by atoms with E-state index in [-0.39, 0.29) is 22.8 Å². The summed E-state index contributed by atoms with van der Waals surface area (Å²) in [5.41, 5.74) is 0.743. The van der Waals surface area contributed by atoms with Gasteiger partial charge in [-0.25, -0.2) is 0 Å². The Kier molecular flexibility index (Phi) is 5.00. The van der Waals surface area contributed by atoms with Crippen molar-refractivity contribution in [1.29, 1.82) is 0 Å². The second-order valence-electron chi connectivity index (χ2n) is 5.96. The quantitative estimate of drug-likeness (QED) is 0.893. The molecule has 0 spiro atoms. The van der Waals surface area contributed by atoms with Crippen LogP contribution < -0.4 is 10.7 Å². The molecule has 1 saturated heterocycles. The van der Waals surface area contributed by atoms with Gasteiger partial charge in [-0.15, -0.1) is 0 Å². The van der Waals surface area contributed by atoms with Gasteiger partial charge in [-0.1, -0.05) is 0 Å². The molecule has 6 heteroatoms. The van der Waals surface area contributed by atoms with Crippen molar-refractivity contribution >= 4 is 11.8 Å². The first kappa shape index (κ1) is 16.3. The topological polar surface area (TPSA) is 71.4 Å². The van der Waals surface area contributed by atoms with Crippen molar-refractivity contribution in [3.63, 3.8) is 0 Å². The molecule has 2 heterocycles. The highest BCUT2D eigenvalue weighted by atomic mass is 16.2. The Bertz CT molecular complexity index is 628. The first-order chi connectivity index (χ1) is 10.4. The number of aryl methyl sites for hydroxylation is 2. The molecule has 0 bridgehead atoms. The largest absolute Gasteiger partial charge is 0.354 e. The van der Waals surface area contributed by atoms with Gasteiger partial charge >= 0.3 is 0 Å². The maximum Gasteiger partial charge on any atom is 0.256 e. The van der Waals surface area contributed by atoms with E-state index >= 15 is 0 Å². The van der Waals surface area contributed by atoms with Gasteiger partial charge in [0.1, 0.15) is 5.56 Å². The summed E-state index contributed by atoms with van der Waals surface area (Å²) >= 11 is 0. The average Bonchev–Trinajstić information content (AvgIpc) is 2.49. The number of nitrogens with one attached hydrogen (secondary N) is 1. The van der Waals surface area contributed by atoms with Gasteiger partial charge in [0.05, 0.1) is 0 Å². The maximum atomic E-state index is 12.2. The number of pyridine rings is 1. The highest BCUT2D eigenvalue weighted by Crippen LogP contribution is 2.16. The third-order valence-corrected chi connectivity index (χ3v) is 4.34. The van der Waals surface area contributed by atoms with E-state index in [0.717, 1.165) is 31.6 Å². The first-order valence-electron chi connectivity index (χ1n) is 7.59. The van der Waals surface area contributed by atoms with Crippen LogP contribution in [0.4, 0.5) is 0 Å². The van der Waals surface area contributed by atoms with E-state index in [1.54, 1.807) is 17.7 Å². The SMILES string of the molecule is CC(=O)N1CCC(CNC(=O)c2cn(C)c(C)cc2=O)CC1. The van der Waals surface area contributed by atoms with E-state index in [4.69, 9.17) is 0 Å². The zero-order chi connectivity index (χ0) is 16.3. The molecule has 0 aromatic carbocycles. The summed E-state index contributed by atoms with van der Waals surface area (Å²) in [6.45, 7) is 5.42. The Morgan fingerprint density at radius 3 is 2.55 bits per heavy atom. The molecule has 6 nitrogen and oxygen atoms in total. The number of amides is 2. The number of hydrogen-bond acceptors (Lipinski definition) is 3. The second kappa shape index (κ2) is 6.77. The van der Waals surface area contributed by atoms with Gasteiger partial charge in [0.15, 0.2) is 5.43 Å². The summed E-state index contributed by atoms with van der Waals surface area (Å²) in [6.07, 6.45) is 3.34. The van der Waals surface area contributed by atoms with Crippen molar-refractivity contribution in [2.75, 3.05) is 19.6 Å². The predicted octanol–water partition coefficient (Wildman–Crippen LogP) is 0.682. The smallest absolute Gasteiger partial charge is 0.256 e. The van der Waals surface area contributed by atoms with Crippen molar-refractivity contribution in [3.05, 3.63) is 33.7 Å². The molecule has 1 N–H and O–H groups in total. The molecule has 22 heavy (non-hydrogen) atoms. The normalized spacial score (nSPS) is 15.7. The van der Waals surface area contributed by atoms with Crippen molar-refractivity contribution < 1.29 is 9.59 Å². The minimum absolute atomic E-state index is 0.102. The van der Waals surface area contributed by atoms with Crippen LogP contribution in [0, 0.1) is 12.8 Å². The zero-order valence-corrected chi connectivity index (χ0v) is 13.4. The molecule has 2 rings (SSSR count). The molecule has 0 atom stereocenters. The summed E-state index contributed by atoms with van der Waals surface area (Å²) in [5, 5.41) is 2.84. The van der Waals surface area contributed by atoms with Crippen molar-refractivity contribution in [3.8, 4) is 0 Å². The third-order valence-electron chi connectivity index (χ3n) is 4.34. The summed E-state index contributed by atoms with van der Waals surface area (Å²) < 4.78 is 1.77. The minimum atomic E-state index is -0.324. The van der Waals surface area contributed by atoms with E-state index in [1.165, 1.54) is 6.07 Å². The predicted molar refractivity (Wildman–Crippen MR) is 83.7 cm³/mol. The Hall–Kier alpha value is -2.11. The summed E-state index contributed by atoms with van der Waals surface area (Å²) in [4.78, 5) is 37.1. The Balaban J connectivity index is 1.90. The van der Waals surface area contributed by atoms with Crippen LogP contribution in [0.1, 0.15) is 35.8 Å². The van der Waals surface area contributed by atoms with Gasteiger partial charge in [-0.05, 0) is 25.7 Å². The van der Waals surface area contributed by atoms with Crippen molar-refractivity contribution in [1.82, 2.24) is 14.8 Å². The lowest BCUT2D eigenvalue weighted by molar-refractivity contribution is -0.130. The number of piperidine rings is 1. The van der Waals surface area contributed by atoms with Crippen LogP contribution in [0.5, 0.6) is 0 Å². The van der Waals surface area contributed by atoms with Crippen molar-refractivity contribution in [2.24, 2.45) is 13.0 Å². The number of nitrogens with zero attached hydrogens (tertiary/aromatic N) is 2. The molecule has 2 amide bonds. The van der Waals surface area contributed by atoms with E-state index in [1.807, 2.05) is 18.9 Å². The summed E-state index contributed by atoms with van der Waals surface area (Å²) in [7, 11) is 1.81. The number of rotatable bonds is 3. The Morgan fingerprint density at radius 1 is 1.32 bits per heavy atom. The van der Waals surface area contributed by atoms with Gasteiger partial charge in [0.2, 0.25) is 5.91 Å². The van der Waals surface area contributed by atoms with Gasteiger partial charge < -0.3 is 14.8 Å². The molecule has 0 aliphatic carbocycles.